The third-order valence-corrected chi connectivity index (χ3v) is 6.45. The molecule has 9 heteroatoms. The first-order valence-corrected chi connectivity index (χ1v) is 11.0. The van der Waals surface area contributed by atoms with Crippen LogP contribution in [0.3, 0.4) is 0 Å². The van der Waals surface area contributed by atoms with Crippen LogP contribution in [0.15, 0.2) is 45.9 Å². The number of allylic oxidation sites excluding steroid dienone is 2. The van der Waals surface area contributed by atoms with Crippen LogP contribution in [0.25, 0.3) is 27.4 Å². The molecule has 0 spiro atoms. The van der Waals surface area contributed by atoms with E-state index in [1.54, 1.807) is 4.68 Å². The summed E-state index contributed by atoms with van der Waals surface area (Å²) in [6.07, 6.45) is 8.00. The third kappa shape index (κ3) is 3.61. The zero-order valence-electron chi connectivity index (χ0n) is 16.8. The van der Waals surface area contributed by atoms with E-state index in [1.807, 2.05) is 31.2 Å². The van der Waals surface area contributed by atoms with Crippen molar-refractivity contribution in [1.29, 1.82) is 0 Å². The molecule has 0 aliphatic heterocycles. The number of hydrogen-bond acceptors (Lipinski definition) is 6. The summed E-state index contributed by atoms with van der Waals surface area (Å²) < 4.78 is 8.43. The van der Waals surface area contributed by atoms with Gasteiger partial charge in [0, 0.05) is 5.56 Å². The highest BCUT2D eigenvalue weighted by Crippen LogP contribution is 2.37. The minimum absolute atomic E-state index is 0. The molecule has 1 atom stereocenters. The van der Waals surface area contributed by atoms with Gasteiger partial charge in [0.15, 0.2) is 5.65 Å². The van der Waals surface area contributed by atoms with Crippen molar-refractivity contribution in [3.63, 3.8) is 0 Å². The second-order valence-corrected chi connectivity index (χ2v) is 8.54. The van der Waals surface area contributed by atoms with E-state index in [9.17, 15) is 4.79 Å². The van der Waals surface area contributed by atoms with Gasteiger partial charge in [-0.05, 0) is 72.2 Å². The number of halogens is 2. The maximum absolute atomic E-state index is 12.8. The molecule has 5 rings (SSSR count). The number of nitrogen functional groups attached to an aromatic ring is 1. The Balaban J connectivity index is 0.00000231. The molecule has 1 aliphatic carbocycles. The van der Waals surface area contributed by atoms with Crippen LogP contribution >= 0.6 is 35.0 Å². The van der Waals surface area contributed by atoms with Gasteiger partial charge in [0.25, 0.3) is 0 Å². The van der Waals surface area contributed by atoms with Crippen molar-refractivity contribution in [3.8, 4) is 0 Å². The van der Waals surface area contributed by atoms with Gasteiger partial charge in [0.2, 0.25) is 0 Å². The molecular weight excluding hydrogens is 529 g/mol. The van der Waals surface area contributed by atoms with Gasteiger partial charge in [-0.2, -0.15) is 5.10 Å². The van der Waals surface area contributed by atoms with E-state index in [0.29, 0.717) is 31.7 Å². The van der Waals surface area contributed by atoms with Crippen LogP contribution in [-0.4, -0.2) is 19.7 Å². The van der Waals surface area contributed by atoms with Crippen molar-refractivity contribution in [1.82, 2.24) is 19.7 Å². The fraction of sp³-hybridized carbons (Fsp3) is 0.273. The van der Waals surface area contributed by atoms with Gasteiger partial charge in [-0.3, -0.25) is 0 Å². The standard InChI is InChI=1S/C22H20IN5O2.ClH/c1-12(28-21-17(19(23)27-28)20(24)25-11-26-21)18-16(13-7-3-2-4-8-13)14-9-5-6-10-15(14)22(29)30-18;/h5-7,9-12H,2-4,8H2,1H3,(H2,24,25,26);1H. The van der Waals surface area contributed by atoms with Crippen LogP contribution in [0, 0.1) is 3.70 Å². The second-order valence-electron chi connectivity index (χ2n) is 7.52. The van der Waals surface area contributed by atoms with Gasteiger partial charge in [-0.25, -0.2) is 19.4 Å². The van der Waals surface area contributed by atoms with Crippen LogP contribution < -0.4 is 11.4 Å². The number of hydrogen-bond donors (Lipinski definition) is 1. The average molecular weight is 550 g/mol. The maximum Gasteiger partial charge on any atom is 0.343 e. The van der Waals surface area contributed by atoms with Gasteiger partial charge >= 0.3 is 5.63 Å². The van der Waals surface area contributed by atoms with Crippen LogP contribution in [0.4, 0.5) is 5.82 Å². The lowest BCUT2D eigenvalue weighted by molar-refractivity contribution is 0.400. The molecule has 0 radical (unpaired) electrons. The molecule has 3 aromatic heterocycles. The third-order valence-electron chi connectivity index (χ3n) is 5.70. The van der Waals surface area contributed by atoms with E-state index >= 15 is 0 Å². The Labute approximate surface area is 198 Å². The van der Waals surface area contributed by atoms with E-state index in [4.69, 9.17) is 10.2 Å². The summed E-state index contributed by atoms with van der Waals surface area (Å²) in [6, 6.07) is 7.30. The summed E-state index contributed by atoms with van der Waals surface area (Å²) in [4.78, 5) is 21.3. The predicted octanol–water partition coefficient (Wildman–Crippen LogP) is 5.11. The highest BCUT2D eigenvalue weighted by Gasteiger charge is 2.26. The molecule has 4 aromatic rings. The molecule has 7 nitrogen and oxygen atoms in total. The Morgan fingerprint density at radius 3 is 2.71 bits per heavy atom. The normalized spacial score (nSPS) is 15.0. The molecule has 0 amide bonds. The first kappa shape index (κ1) is 21.8. The van der Waals surface area contributed by atoms with Crippen LogP contribution in [0.2, 0.25) is 0 Å². The molecule has 2 N–H and O–H groups in total. The summed E-state index contributed by atoms with van der Waals surface area (Å²) >= 11 is 2.13. The number of rotatable bonds is 3. The Morgan fingerprint density at radius 2 is 1.97 bits per heavy atom. The minimum atomic E-state index is -0.347. The molecule has 31 heavy (non-hydrogen) atoms. The van der Waals surface area contributed by atoms with Crippen molar-refractivity contribution >= 4 is 68.2 Å². The van der Waals surface area contributed by atoms with Gasteiger partial charge in [-0.15, -0.1) is 12.4 Å². The molecule has 0 bridgehead atoms. The fourth-order valence-corrected chi connectivity index (χ4v) is 4.99. The van der Waals surface area contributed by atoms with Gasteiger partial charge in [0.05, 0.1) is 10.8 Å². The minimum Gasteiger partial charge on any atom is -0.424 e. The lowest BCUT2D eigenvalue weighted by Gasteiger charge is -2.21. The van der Waals surface area contributed by atoms with Crippen molar-refractivity contribution < 1.29 is 4.42 Å². The zero-order chi connectivity index (χ0) is 20.8. The number of benzene rings is 1. The number of fused-ring (bicyclic) bond motifs is 2. The summed E-state index contributed by atoms with van der Waals surface area (Å²) in [6.45, 7) is 1.97. The number of nitrogens with zero attached hydrogens (tertiary/aromatic N) is 4. The van der Waals surface area contributed by atoms with Gasteiger partial charge in [0.1, 0.15) is 27.6 Å². The van der Waals surface area contributed by atoms with Crippen LogP contribution in [0.1, 0.15) is 50.0 Å². The Kier molecular flexibility index (Phi) is 6.02. The number of nitrogens with two attached hydrogens (primary N) is 1. The summed E-state index contributed by atoms with van der Waals surface area (Å²) in [7, 11) is 0. The quantitative estimate of drug-likeness (QED) is 0.357. The summed E-state index contributed by atoms with van der Waals surface area (Å²) in [5.41, 5.74) is 8.57. The van der Waals surface area contributed by atoms with E-state index in [0.717, 1.165) is 30.2 Å². The summed E-state index contributed by atoms with van der Waals surface area (Å²) in [5, 5.41) is 6.90. The first-order chi connectivity index (χ1) is 14.6. The predicted molar refractivity (Wildman–Crippen MR) is 132 cm³/mol. The van der Waals surface area contributed by atoms with Crippen molar-refractivity contribution in [2.24, 2.45) is 0 Å². The molecule has 1 aromatic carbocycles. The monoisotopic (exact) mass is 549 g/mol. The molecular formula is C22H21ClIN5O2. The Morgan fingerprint density at radius 1 is 1.19 bits per heavy atom. The molecule has 0 fully saturated rings. The van der Waals surface area contributed by atoms with E-state index in [2.05, 4.69) is 43.7 Å². The zero-order valence-corrected chi connectivity index (χ0v) is 19.8. The smallest absolute Gasteiger partial charge is 0.343 e. The molecule has 0 saturated heterocycles. The van der Waals surface area contributed by atoms with Crippen molar-refractivity contribution in [3.05, 3.63) is 62.1 Å². The largest absolute Gasteiger partial charge is 0.424 e. The molecule has 3 heterocycles. The Hall–Kier alpha value is -2.46. The molecule has 160 valence electrons. The van der Waals surface area contributed by atoms with Crippen molar-refractivity contribution in [2.75, 3.05) is 5.73 Å². The van der Waals surface area contributed by atoms with Gasteiger partial charge < -0.3 is 10.2 Å². The molecule has 0 saturated carbocycles. The molecule has 1 aliphatic rings. The second kappa shape index (κ2) is 8.58. The highest BCUT2D eigenvalue weighted by molar-refractivity contribution is 14.1. The fourth-order valence-electron chi connectivity index (χ4n) is 4.24. The lowest BCUT2D eigenvalue weighted by atomic mass is 9.89. The maximum atomic E-state index is 12.8. The van der Waals surface area contributed by atoms with Crippen molar-refractivity contribution in [2.45, 2.75) is 38.6 Å². The number of anilines is 1. The molecule has 1 unspecified atom stereocenters. The number of aromatic nitrogens is 4. The topological polar surface area (TPSA) is 99.8 Å². The van der Waals surface area contributed by atoms with E-state index < -0.39 is 0 Å². The average Bonchev–Trinajstić information content (AvgIpc) is 3.11. The van der Waals surface area contributed by atoms with E-state index in [1.165, 1.54) is 18.3 Å². The van der Waals surface area contributed by atoms with E-state index in [-0.39, 0.29) is 24.1 Å². The summed E-state index contributed by atoms with van der Waals surface area (Å²) in [5.74, 6) is 0.989. The Bertz CT molecular complexity index is 1380. The van der Waals surface area contributed by atoms with Gasteiger partial charge in [-0.1, -0.05) is 24.3 Å². The lowest BCUT2D eigenvalue weighted by Crippen LogP contribution is -2.16. The first-order valence-electron chi connectivity index (χ1n) is 9.95. The SMILES string of the molecule is CC(c1oc(=O)c2ccccc2c1C1=CCCCC1)n1nc(I)c2c(N)ncnc21.Cl. The van der Waals surface area contributed by atoms with Crippen LogP contribution in [0.5, 0.6) is 0 Å². The highest BCUT2D eigenvalue weighted by atomic mass is 127. The van der Waals surface area contributed by atoms with Crippen LogP contribution in [-0.2, 0) is 0 Å².